The van der Waals surface area contributed by atoms with Gasteiger partial charge in [-0.2, -0.15) is 5.26 Å². The molecule has 1 aromatic rings. The van der Waals surface area contributed by atoms with Crippen molar-refractivity contribution < 1.29 is 0 Å². The summed E-state index contributed by atoms with van der Waals surface area (Å²) < 4.78 is 0. The molecule has 1 N–H and O–H groups in total. The molecule has 80 valence electrons. The van der Waals surface area contributed by atoms with Gasteiger partial charge in [0, 0.05) is 20.1 Å². The summed E-state index contributed by atoms with van der Waals surface area (Å²) in [5.74, 6) is 1.54. The average Bonchev–Trinajstić information content (AvgIpc) is 2.30. The molecular formula is C10H15N5. The maximum atomic E-state index is 8.53. The molecule has 0 saturated heterocycles. The first-order valence-electron chi connectivity index (χ1n) is 4.93. The summed E-state index contributed by atoms with van der Waals surface area (Å²) in [6, 6.07) is 2.13. The second-order valence-electron chi connectivity index (χ2n) is 3.00. The second kappa shape index (κ2) is 5.81. The van der Waals surface area contributed by atoms with Crippen LogP contribution in [0.4, 0.5) is 11.6 Å². The van der Waals surface area contributed by atoms with Gasteiger partial charge in [-0.15, -0.1) is 0 Å². The lowest BCUT2D eigenvalue weighted by Gasteiger charge is -2.20. The minimum Gasteiger partial charge on any atom is -0.372 e. The van der Waals surface area contributed by atoms with Crippen LogP contribution < -0.4 is 10.2 Å². The molecule has 1 rings (SSSR count). The maximum Gasteiger partial charge on any atom is 0.149 e. The normalized spacial score (nSPS) is 9.40. The van der Waals surface area contributed by atoms with E-state index in [1.807, 2.05) is 11.8 Å². The van der Waals surface area contributed by atoms with Gasteiger partial charge in [0.15, 0.2) is 0 Å². The van der Waals surface area contributed by atoms with Crippen LogP contribution in [0.25, 0.3) is 0 Å². The lowest BCUT2D eigenvalue weighted by atomic mass is 10.4. The van der Waals surface area contributed by atoms with Crippen LogP contribution in [0.5, 0.6) is 0 Å². The van der Waals surface area contributed by atoms with E-state index in [4.69, 9.17) is 5.26 Å². The van der Waals surface area contributed by atoms with Gasteiger partial charge in [-0.25, -0.2) is 4.98 Å². The van der Waals surface area contributed by atoms with Gasteiger partial charge in [-0.3, -0.25) is 4.98 Å². The molecule has 0 atom stereocenters. The summed E-state index contributed by atoms with van der Waals surface area (Å²) in [5, 5.41) is 11.5. The van der Waals surface area contributed by atoms with Crippen molar-refractivity contribution in [3.05, 3.63) is 12.4 Å². The number of nitrogens with one attached hydrogen (secondary N) is 1. The Labute approximate surface area is 89.8 Å². The number of hydrogen-bond donors (Lipinski definition) is 1. The van der Waals surface area contributed by atoms with Crippen LogP contribution in [-0.2, 0) is 0 Å². The first-order valence-corrected chi connectivity index (χ1v) is 4.93. The monoisotopic (exact) mass is 205 g/mol. The number of nitrogens with zero attached hydrogens (tertiary/aromatic N) is 4. The molecule has 0 aliphatic rings. The van der Waals surface area contributed by atoms with E-state index >= 15 is 0 Å². The molecule has 1 aromatic heterocycles. The summed E-state index contributed by atoms with van der Waals surface area (Å²) >= 11 is 0. The number of anilines is 2. The second-order valence-corrected chi connectivity index (χ2v) is 3.00. The standard InChI is InChI=1S/C10H15N5/c1-3-15(6-4-5-11)10-8-13-7-9(12-2)14-10/h7-8H,3-4,6H2,1-2H3,(H,12,14). The fraction of sp³-hybridized carbons (Fsp3) is 0.500. The first kappa shape index (κ1) is 11.2. The van der Waals surface area contributed by atoms with Gasteiger partial charge in [-0.1, -0.05) is 0 Å². The summed E-state index contributed by atoms with van der Waals surface area (Å²) in [6.45, 7) is 3.55. The predicted octanol–water partition coefficient (Wildman–Crippen LogP) is 1.26. The Balaban J connectivity index is 2.77. The maximum absolute atomic E-state index is 8.53. The molecule has 0 aliphatic carbocycles. The fourth-order valence-electron chi connectivity index (χ4n) is 1.25. The predicted molar refractivity (Wildman–Crippen MR) is 59.7 cm³/mol. The van der Waals surface area contributed by atoms with Crippen LogP contribution in [0, 0.1) is 11.3 Å². The molecule has 0 radical (unpaired) electrons. The molecule has 0 bridgehead atoms. The van der Waals surface area contributed by atoms with Gasteiger partial charge in [0.1, 0.15) is 11.6 Å². The van der Waals surface area contributed by atoms with Crippen molar-refractivity contribution in [2.45, 2.75) is 13.3 Å². The van der Waals surface area contributed by atoms with Gasteiger partial charge < -0.3 is 10.2 Å². The third-order valence-corrected chi connectivity index (χ3v) is 2.08. The van der Waals surface area contributed by atoms with Gasteiger partial charge in [0.2, 0.25) is 0 Å². The SMILES string of the molecule is CCN(CCC#N)c1cncc(NC)n1. The third-order valence-electron chi connectivity index (χ3n) is 2.08. The number of aromatic nitrogens is 2. The van der Waals surface area contributed by atoms with Crippen LogP contribution in [-0.4, -0.2) is 30.1 Å². The molecule has 5 nitrogen and oxygen atoms in total. The lowest BCUT2D eigenvalue weighted by molar-refractivity contribution is 0.807. The van der Waals surface area contributed by atoms with Crippen LogP contribution in [0.2, 0.25) is 0 Å². The van der Waals surface area contributed by atoms with Crippen molar-refractivity contribution in [3.63, 3.8) is 0 Å². The van der Waals surface area contributed by atoms with Crippen molar-refractivity contribution in [1.29, 1.82) is 5.26 Å². The Morgan fingerprint density at radius 3 is 2.93 bits per heavy atom. The largest absolute Gasteiger partial charge is 0.372 e. The summed E-state index contributed by atoms with van der Waals surface area (Å²) in [7, 11) is 1.80. The Hall–Kier alpha value is -1.83. The summed E-state index contributed by atoms with van der Waals surface area (Å²) in [5.41, 5.74) is 0. The molecule has 0 aliphatic heterocycles. The van der Waals surface area contributed by atoms with Crippen molar-refractivity contribution >= 4 is 11.6 Å². The zero-order chi connectivity index (χ0) is 11.1. The molecule has 15 heavy (non-hydrogen) atoms. The third kappa shape index (κ3) is 3.09. The van der Waals surface area contributed by atoms with Crippen molar-refractivity contribution in [2.75, 3.05) is 30.4 Å². The highest BCUT2D eigenvalue weighted by Gasteiger charge is 2.05. The van der Waals surface area contributed by atoms with E-state index in [1.165, 1.54) is 0 Å². The molecular weight excluding hydrogens is 190 g/mol. The Morgan fingerprint density at radius 1 is 1.53 bits per heavy atom. The van der Waals surface area contributed by atoms with Crippen LogP contribution in [0.15, 0.2) is 12.4 Å². The average molecular weight is 205 g/mol. The van der Waals surface area contributed by atoms with E-state index in [-0.39, 0.29) is 0 Å². The van der Waals surface area contributed by atoms with E-state index in [0.717, 1.165) is 18.2 Å². The van der Waals surface area contributed by atoms with E-state index in [2.05, 4.69) is 21.4 Å². The van der Waals surface area contributed by atoms with Gasteiger partial charge >= 0.3 is 0 Å². The van der Waals surface area contributed by atoms with E-state index < -0.39 is 0 Å². The fourth-order valence-corrected chi connectivity index (χ4v) is 1.25. The van der Waals surface area contributed by atoms with Gasteiger partial charge in [-0.05, 0) is 6.92 Å². The highest BCUT2D eigenvalue weighted by atomic mass is 15.2. The van der Waals surface area contributed by atoms with Crippen LogP contribution >= 0.6 is 0 Å². The van der Waals surface area contributed by atoms with Crippen LogP contribution in [0.3, 0.4) is 0 Å². The molecule has 0 saturated carbocycles. The number of nitriles is 1. The zero-order valence-corrected chi connectivity index (χ0v) is 9.06. The van der Waals surface area contributed by atoms with Crippen molar-refractivity contribution in [2.24, 2.45) is 0 Å². The topological polar surface area (TPSA) is 64.8 Å². The number of rotatable bonds is 5. The minimum atomic E-state index is 0.499. The molecule has 5 heteroatoms. The van der Waals surface area contributed by atoms with E-state index in [9.17, 15) is 0 Å². The molecule has 0 fully saturated rings. The smallest absolute Gasteiger partial charge is 0.149 e. The minimum absolute atomic E-state index is 0.499. The van der Waals surface area contributed by atoms with Crippen molar-refractivity contribution in [3.8, 4) is 6.07 Å². The Bertz CT molecular complexity index is 344. The Kier molecular flexibility index (Phi) is 4.35. The summed E-state index contributed by atoms with van der Waals surface area (Å²) in [6.07, 6.45) is 3.88. The highest BCUT2D eigenvalue weighted by molar-refractivity contribution is 5.43. The lowest BCUT2D eigenvalue weighted by Crippen LogP contribution is -2.25. The summed E-state index contributed by atoms with van der Waals surface area (Å²) in [4.78, 5) is 10.5. The number of hydrogen-bond acceptors (Lipinski definition) is 5. The molecule has 0 unspecified atom stereocenters. The molecule has 0 spiro atoms. The Morgan fingerprint density at radius 2 is 2.33 bits per heavy atom. The van der Waals surface area contributed by atoms with Gasteiger partial charge in [0.25, 0.3) is 0 Å². The van der Waals surface area contributed by atoms with Crippen LogP contribution in [0.1, 0.15) is 13.3 Å². The molecule has 1 heterocycles. The van der Waals surface area contributed by atoms with Crippen molar-refractivity contribution in [1.82, 2.24) is 9.97 Å². The van der Waals surface area contributed by atoms with Gasteiger partial charge in [0.05, 0.1) is 24.9 Å². The van der Waals surface area contributed by atoms with E-state index in [0.29, 0.717) is 13.0 Å². The quantitative estimate of drug-likeness (QED) is 0.784. The van der Waals surface area contributed by atoms with E-state index in [1.54, 1.807) is 19.4 Å². The first-order chi connectivity index (χ1) is 7.31. The molecule has 0 aromatic carbocycles. The molecule has 0 amide bonds. The highest BCUT2D eigenvalue weighted by Crippen LogP contribution is 2.11. The zero-order valence-electron chi connectivity index (χ0n) is 9.06.